The van der Waals surface area contributed by atoms with Gasteiger partial charge in [-0.3, -0.25) is 4.79 Å². The smallest absolute Gasteiger partial charge is 0.277 e. The van der Waals surface area contributed by atoms with Gasteiger partial charge in [-0.1, -0.05) is 41.9 Å². The van der Waals surface area contributed by atoms with Gasteiger partial charge in [0.2, 0.25) is 0 Å². The zero-order chi connectivity index (χ0) is 19.2. The summed E-state index contributed by atoms with van der Waals surface area (Å²) in [5, 5.41) is 0.759. The largest absolute Gasteiger partial charge is 0.495 e. The van der Waals surface area contributed by atoms with Gasteiger partial charge in [-0.25, -0.2) is 0 Å². The van der Waals surface area contributed by atoms with Crippen molar-refractivity contribution in [2.45, 2.75) is 6.54 Å². The molecule has 0 bridgehead atoms. The number of hydrogen-bond donors (Lipinski definition) is 1. The summed E-state index contributed by atoms with van der Waals surface area (Å²) in [7, 11) is 3.72. The Morgan fingerprint density at radius 3 is 2.44 bits per heavy atom. The summed E-state index contributed by atoms with van der Waals surface area (Å²) in [6.07, 6.45) is 0. The molecule has 2 aromatic rings. The van der Waals surface area contributed by atoms with Crippen LogP contribution in [-0.2, 0) is 11.3 Å². The summed E-state index contributed by atoms with van der Waals surface area (Å²) in [5.74, 6) is 1.07. The minimum absolute atomic E-state index is 0.194. The number of methoxy groups -OCH3 is 1. The van der Waals surface area contributed by atoms with Crippen LogP contribution in [0.25, 0.3) is 0 Å². The van der Waals surface area contributed by atoms with Gasteiger partial charge in [-0.15, -0.1) is 0 Å². The van der Waals surface area contributed by atoms with E-state index in [1.54, 1.807) is 7.11 Å². The number of amides is 1. The molecule has 2 aromatic carbocycles. The summed E-state index contributed by atoms with van der Waals surface area (Å²) in [6, 6.07) is 15.8. The molecule has 144 valence electrons. The molecule has 0 spiro atoms. The van der Waals surface area contributed by atoms with Gasteiger partial charge < -0.3 is 19.4 Å². The number of ether oxygens (including phenoxy) is 1. The standard InChI is InChI=1S/C21H26ClN3O2/c1-23(15-17-7-3-4-8-18(17)22)16-21(26)25-13-11-24(12-14-25)19-9-5-6-10-20(19)27-2/h3-10H,11-16H2,1-2H3/p+1. The first-order valence-corrected chi connectivity index (χ1v) is 9.66. The minimum Gasteiger partial charge on any atom is -0.495 e. The predicted molar refractivity (Wildman–Crippen MR) is 109 cm³/mol. The van der Waals surface area contributed by atoms with Crippen LogP contribution in [0.3, 0.4) is 0 Å². The van der Waals surface area contributed by atoms with Crippen molar-refractivity contribution in [1.82, 2.24) is 4.90 Å². The van der Waals surface area contributed by atoms with Crippen LogP contribution in [0.4, 0.5) is 5.69 Å². The lowest BCUT2D eigenvalue weighted by Gasteiger charge is -2.36. The second-order valence-corrected chi connectivity index (χ2v) is 7.35. The van der Waals surface area contributed by atoms with Crippen molar-refractivity contribution in [2.75, 3.05) is 51.8 Å². The molecule has 27 heavy (non-hydrogen) atoms. The number of carbonyl (C=O) groups excluding carboxylic acids is 1. The van der Waals surface area contributed by atoms with E-state index in [1.165, 1.54) is 0 Å². The second-order valence-electron chi connectivity index (χ2n) is 6.94. The maximum Gasteiger partial charge on any atom is 0.277 e. The molecule has 1 heterocycles. The van der Waals surface area contributed by atoms with Gasteiger partial charge in [-0.2, -0.15) is 0 Å². The number of rotatable bonds is 6. The molecule has 0 saturated carbocycles. The van der Waals surface area contributed by atoms with E-state index in [4.69, 9.17) is 16.3 Å². The molecule has 1 aliphatic rings. The molecular weight excluding hydrogens is 362 g/mol. The summed E-state index contributed by atoms with van der Waals surface area (Å²) < 4.78 is 5.46. The van der Waals surface area contributed by atoms with Gasteiger partial charge in [0.15, 0.2) is 6.54 Å². The highest BCUT2D eigenvalue weighted by atomic mass is 35.5. The molecule has 1 fully saturated rings. The maximum atomic E-state index is 12.7. The maximum absolute atomic E-state index is 12.7. The Hall–Kier alpha value is -2.24. The normalized spacial score (nSPS) is 15.5. The van der Waals surface area contributed by atoms with Crippen molar-refractivity contribution in [3.05, 3.63) is 59.1 Å². The number of likely N-dealkylation sites (N-methyl/N-ethyl adjacent to an activating group) is 1. The predicted octanol–water partition coefficient (Wildman–Crippen LogP) is 1.71. The van der Waals surface area contributed by atoms with Gasteiger partial charge in [0.05, 0.1) is 19.8 Å². The van der Waals surface area contributed by atoms with E-state index in [-0.39, 0.29) is 5.91 Å². The summed E-state index contributed by atoms with van der Waals surface area (Å²) in [6.45, 7) is 4.31. The molecule has 6 heteroatoms. The Labute approximate surface area is 166 Å². The van der Waals surface area contributed by atoms with Gasteiger partial charge in [-0.05, 0) is 18.2 Å². The first-order chi connectivity index (χ1) is 13.1. The molecular formula is C21H27ClN3O2+. The minimum atomic E-state index is 0.194. The van der Waals surface area contributed by atoms with Crippen LogP contribution in [0.2, 0.25) is 5.02 Å². The number of quaternary nitrogens is 1. The van der Waals surface area contributed by atoms with E-state index in [0.29, 0.717) is 6.54 Å². The molecule has 1 N–H and O–H groups in total. The molecule has 0 aliphatic carbocycles. The van der Waals surface area contributed by atoms with Gasteiger partial charge in [0.25, 0.3) is 5.91 Å². The topological polar surface area (TPSA) is 37.2 Å². The Morgan fingerprint density at radius 1 is 1.07 bits per heavy atom. The molecule has 1 amide bonds. The Balaban J connectivity index is 1.52. The van der Waals surface area contributed by atoms with Crippen LogP contribution >= 0.6 is 11.6 Å². The Bertz CT molecular complexity index is 776. The van der Waals surface area contributed by atoms with Crippen LogP contribution in [0, 0.1) is 0 Å². The second kappa shape index (κ2) is 9.11. The van der Waals surface area contributed by atoms with E-state index in [1.807, 2.05) is 54.4 Å². The fourth-order valence-electron chi connectivity index (χ4n) is 3.49. The van der Waals surface area contributed by atoms with Crippen molar-refractivity contribution in [3.8, 4) is 5.75 Å². The van der Waals surface area contributed by atoms with Crippen molar-refractivity contribution in [2.24, 2.45) is 0 Å². The zero-order valence-electron chi connectivity index (χ0n) is 16.0. The third-order valence-electron chi connectivity index (χ3n) is 4.96. The molecule has 0 radical (unpaired) electrons. The van der Waals surface area contributed by atoms with Crippen LogP contribution in [0.5, 0.6) is 5.75 Å². The highest BCUT2D eigenvalue weighted by Crippen LogP contribution is 2.28. The molecule has 1 aliphatic heterocycles. The van der Waals surface area contributed by atoms with Crippen LogP contribution in [0.1, 0.15) is 5.56 Å². The van der Waals surface area contributed by atoms with Crippen molar-refractivity contribution < 1.29 is 14.4 Å². The number of carbonyl (C=O) groups is 1. The molecule has 5 nitrogen and oxygen atoms in total. The molecule has 1 saturated heterocycles. The lowest BCUT2D eigenvalue weighted by molar-refractivity contribution is -0.885. The Kier molecular flexibility index (Phi) is 6.58. The number of para-hydroxylation sites is 2. The molecule has 3 rings (SSSR count). The third-order valence-corrected chi connectivity index (χ3v) is 5.33. The van der Waals surface area contributed by atoms with Gasteiger partial charge in [0.1, 0.15) is 12.3 Å². The first-order valence-electron chi connectivity index (χ1n) is 9.29. The lowest BCUT2D eigenvalue weighted by atomic mass is 10.2. The fourth-order valence-corrected chi connectivity index (χ4v) is 3.69. The summed E-state index contributed by atoms with van der Waals surface area (Å²) >= 11 is 6.23. The number of benzene rings is 2. The number of piperazine rings is 1. The van der Waals surface area contributed by atoms with Crippen molar-refractivity contribution >= 4 is 23.2 Å². The van der Waals surface area contributed by atoms with Gasteiger partial charge in [0, 0.05) is 36.8 Å². The third kappa shape index (κ3) is 4.93. The van der Waals surface area contributed by atoms with E-state index in [2.05, 4.69) is 11.0 Å². The first kappa shape index (κ1) is 19.5. The van der Waals surface area contributed by atoms with E-state index >= 15 is 0 Å². The highest BCUT2D eigenvalue weighted by molar-refractivity contribution is 6.31. The van der Waals surface area contributed by atoms with Crippen LogP contribution in [-0.4, -0.2) is 57.7 Å². The summed E-state index contributed by atoms with van der Waals surface area (Å²) in [4.78, 5) is 18.1. The number of hydrogen-bond acceptors (Lipinski definition) is 3. The average Bonchev–Trinajstić information content (AvgIpc) is 2.69. The monoisotopic (exact) mass is 388 g/mol. The Morgan fingerprint density at radius 2 is 1.74 bits per heavy atom. The molecule has 1 unspecified atom stereocenters. The average molecular weight is 389 g/mol. The van der Waals surface area contributed by atoms with Crippen molar-refractivity contribution in [3.63, 3.8) is 0 Å². The van der Waals surface area contributed by atoms with E-state index < -0.39 is 0 Å². The SMILES string of the molecule is COc1ccccc1N1CCN(C(=O)C[NH+](C)Cc2ccccc2Cl)CC1. The highest BCUT2D eigenvalue weighted by Gasteiger charge is 2.24. The van der Waals surface area contributed by atoms with Crippen LogP contribution in [0.15, 0.2) is 48.5 Å². The zero-order valence-corrected chi connectivity index (χ0v) is 16.7. The molecule has 1 atom stereocenters. The number of anilines is 1. The van der Waals surface area contributed by atoms with E-state index in [0.717, 1.165) is 59.6 Å². The van der Waals surface area contributed by atoms with Gasteiger partial charge >= 0.3 is 0 Å². The lowest BCUT2D eigenvalue weighted by Crippen LogP contribution is -3.09. The van der Waals surface area contributed by atoms with Crippen LogP contribution < -0.4 is 14.5 Å². The summed E-state index contributed by atoms with van der Waals surface area (Å²) in [5.41, 5.74) is 2.17. The number of halogens is 1. The fraction of sp³-hybridized carbons (Fsp3) is 0.381. The molecule has 0 aromatic heterocycles. The quantitative estimate of drug-likeness (QED) is 0.818. The van der Waals surface area contributed by atoms with E-state index in [9.17, 15) is 4.79 Å². The number of nitrogens with one attached hydrogen (secondary N) is 1. The number of nitrogens with zero attached hydrogens (tertiary/aromatic N) is 2. The van der Waals surface area contributed by atoms with Crippen molar-refractivity contribution in [1.29, 1.82) is 0 Å².